The molecule has 2 atom stereocenters. The molecule has 0 amide bonds. The quantitative estimate of drug-likeness (QED) is 0.685. The largest absolute Gasteiger partial charge is 0.496 e. The minimum Gasteiger partial charge on any atom is -0.496 e. The molecule has 0 fully saturated rings. The van der Waals surface area contributed by atoms with Gasteiger partial charge in [0.25, 0.3) is 0 Å². The van der Waals surface area contributed by atoms with Gasteiger partial charge in [-0.2, -0.15) is 13.2 Å². The Morgan fingerprint density at radius 1 is 1.14 bits per heavy atom. The molecule has 8 heteroatoms. The van der Waals surface area contributed by atoms with Crippen molar-refractivity contribution in [2.24, 2.45) is 5.73 Å². The summed E-state index contributed by atoms with van der Waals surface area (Å²) in [5.74, 6) is -1.86. The summed E-state index contributed by atoms with van der Waals surface area (Å²) in [6.45, 7) is 4.90. The summed E-state index contributed by atoms with van der Waals surface area (Å²) in [5, 5.41) is 10.6. The van der Waals surface area contributed by atoms with E-state index in [2.05, 4.69) is 49.5 Å². The summed E-state index contributed by atoms with van der Waals surface area (Å²) < 4.78 is 37.2. The summed E-state index contributed by atoms with van der Waals surface area (Å²) in [6.07, 6.45) is -5.08. The Bertz CT molecular complexity index is 749. The number of nitrogens with two attached hydrogens (primary N) is 1. The third-order valence-electron chi connectivity index (χ3n) is 3.96. The zero-order chi connectivity index (χ0) is 21.3. The van der Waals surface area contributed by atoms with Crippen LogP contribution in [-0.4, -0.2) is 36.9 Å². The second-order valence-electron chi connectivity index (χ2n) is 6.15. The van der Waals surface area contributed by atoms with E-state index >= 15 is 0 Å². The molecule has 0 saturated carbocycles. The van der Waals surface area contributed by atoms with Crippen molar-refractivity contribution in [2.75, 3.05) is 13.7 Å². The van der Waals surface area contributed by atoms with Crippen molar-refractivity contribution in [1.29, 1.82) is 0 Å². The minimum atomic E-state index is -5.08. The van der Waals surface area contributed by atoms with E-state index in [9.17, 15) is 13.2 Å². The van der Waals surface area contributed by atoms with Crippen LogP contribution >= 0.6 is 0 Å². The Balaban J connectivity index is 0.000000480. The van der Waals surface area contributed by atoms with E-state index in [1.54, 1.807) is 7.11 Å². The highest BCUT2D eigenvalue weighted by Crippen LogP contribution is 2.30. The first-order valence-electron chi connectivity index (χ1n) is 8.59. The second kappa shape index (κ2) is 10.7. The Kier molecular flexibility index (Phi) is 8.94. The van der Waals surface area contributed by atoms with Crippen molar-refractivity contribution >= 4 is 5.97 Å². The molecule has 0 spiro atoms. The van der Waals surface area contributed by atoms with E-state index in [0.717, 1.165) is 16.9 Å². The number of hydrogen-bond donors (Lipinski definition) is 3. The minimum absolute atomic E-state index is 0.287. The van der Waals surface area contributed by atoms with Crippen LogP contribution in [0.3, 0.4) is 0 Å². The van der Waals surface area contributed by atoms with Gasteiger partial charge in [0.15, 0.2) is 0 Å². The predicted octanol–water partition coefficient (Wildman–Crippen LogP) is 3.99. The predicted molar refractivity (Wildman–Crippen MR) is 102 cm³/mol. The smallest absolute Gasteiger partial charge is 0.490 e. The number of carboxylic acids is 1. The highest BCUT2D eigenvalue weighted by molar-refractivity contribution is 5.73. The van der Waals surface area contributed by atoms with E-state index < -0.39 is 12.1 Å². The zero-order valence-electron chi connectivity index (χ0n) is 16.0. The summed E-state index contributed by atoms with van der Waals surface area (Å²) in [7, 11) is 1.70. The van der Waals surface area contributed by atoms with Crippen LogP contribution in [0.15, 0.2) is 48.5 Å². The molecule has 0 aliphatic rings. The standard InChI is InChI=1S/C18H24N2O.C2HF3O2/c1-13(12-19)20-14(2)15-8-10-16(11-9-15)17-6-4-5-7-18(17)21-3;3-2(4,5)1(6)7/h4-11,13-14,20H,12,19H2,1-3H3;(H,6,7)/t13-,14?;/m1./s1. The third-order valence-corrected chi connectivity index (χ3v) is 3.96. The van der Waals surface area contributed by atoms with Crippen LogP contribution in [0.25, 0.3) is 11.1 Å². The lowest BCUT2D eigenvalue weighted by atomic mass is 10.0. The van der Waals surface area contributed by atoms with Crippen LogP contribution in [-0.2, 0) is 4.79 Å². The number of para-hydroxylation sites is 1. The molecule has 2 aromatic rings. The molecule has 0 aromatic heterocycles. The van der Waals surface area contributed by atoms with E-state index in [4.69, 9.17) is 20.4 Å². The Morgan fingerprint density at radius 3 is 2.14 bits per heavy atom. The van der Waals surface area contributed by atoms with Crippen LogP contribution in [0.4, 0.5) is 13.2 Å². The number of alkyl halides is 3. The van der Waals surface area contributed by atoms with Gasteiger partial charge in [0, 0.05) is 24.2 Å². The van der Waals surface area contributed by atoms with Gasteiger partial charge in [-0.15, -0.1) is 0 Å². The molecule has 0 radical (unpaired) electrons. The van der Waals surface area contributed by atoms with Gasteiger partial charge in [-0.1, -0.05) is 42.5 Å². The molecule has 0 saturated heterocycles. The highest BCUT2D eigenvalue weighted by atomic mass is 19.4. The van der Waals surface area contributed by atoms with Crippen molar-refractivity contribution in [3.05, 3.63) is 54.1 Å². The Morgan fingerprint density at radius 2 is 1.68 bits per heavy atom. The average Bonchev–Trinajstić information content (AvgIpc) is 2.67. The van der Waals surface area contributed by atoms with Crippen molar-refractivity contribution in [1.82, 2.24) is 5.32 Å². The second-order valence-corrected chi connectivity index (χ2v) is 6.15. The number of carbonyl (C=O) groups is 1. The van der Waals surface area contributed by atoms with Gasteiger partial charge < -0.3 is 20.9 Å². The van der Waals surface area contributed by atoms with Crippen molar-refractivity contribution in [2.45, 2.75) is 32.1 Å². The van der Waals surface area contributed by atoms with Gasteiger partial charge in [0.2, 0.25) is 0 Å². The molecule has 0 heterocycles. The normalized spacial score (nSPS) is 13.1. The topological polar surface area (TPSA) is 84.6 Å². The van der Waals surface area contributed by atoms with Crippen molar-refractivity contribution in [3.8, 4) is 16.9 Å². The first kappa shape index (κ1) is 23.5. The number of carboxylic acid groups (broad SMARTS) is 1. The molecule has 154 valence electrons. The molecule has 5 nitrogen and oxygen atoms in total. The summed E-state index contributed by atoms with van der Waals surface area (Å²) in [4.78, 5) is 8.90. The van der Waals surface area contributed by atoms with Crippen LogP contribution in [0.1, 0.15) is 25.5 Å². The molecule has 1 unspecified atom stereocenters. The maximum atomic E-state index is 10.6. The molecule has 0 aliphatic carbocycles. The molecule has 28 heavy (non-hydrogen) atoms. The number of ether oxygens (including phenoxy) is 1. The van der Waals surface area contributed by atoms with E-state index in [0.29, 0.717) is 12.6 Å². The van der Waals surface area contributed by atoms with Gasteiger partial charge in [-0.25, -0.2) is 4.79 Å². The molecule has 0 bridgehead atoms. The Hall–Kier alpha value is -2.58. The lowest BCUT2D eigenvalue weighted by Crippen LogP contribution is -2.34. The van der Waals surface area contributed by atoms with Crippen LogP contribution in [0.5, 0.6) is 5.75 Å². The molecule has 4 N–H and O–H groups in total. The number of methoxy groups -OCH3 is 1. The van der Waals surface area contributed by atoms with Gasteiger partial charge >= 0.3 is 12.1 Å². The van der Waals surface area contributed by atoms with E-state index in [1.165, 1.54) is 5.56 Å². The fraction of sp³-hybridized carbons (Fsp3) is 0.350. The van der Waals surface area contributed by atoms with E-state index in [-0.39, 0.29) is 6.04 Å². The maximum Gasteiger partial charge on any atom is 0.490 e. The third kappa shape index (κ3) is 7.21. The number of halogens is 3. The fourth-order valence-electron chi connectivity index (χ4n) is 2.43. The number of benzene rings is 2. The highest BCUT2D eigenvalue weighted by Gasteiger charge is 2.38. The molecular formula is C20H25F3N2O3. The number of nitrogens with one attached hydrogen (secondary N) is 1. The van der Waals surface area contributed by atoms with E-state index in [1.807, 2.05) is 18.2 Å². The summed E-state index contributed by atoms with van der Waals surface area (Å²) in [5.41, 5.74) is 9.19. The van der Waals surface area contributed by atoms with Crippen LogP contribution in [0, 0.1) is 0 Å². The summed E-state index contributed by atoms with van der Waals surface area (Å²) >= 11 is 0. The first-order chi connectivity index (χ1) is 13.1. The van der Waals surface area contributed by atoms with Crippen molar-refractivity contribution in [3.63, 3.8) is 0 Å². The van der Waals surface area contributed by atoms with Gasteiger partial charge in [0.1, 0.15) is 5.75 Å². The number of hydrogen-bond acceptors (Lipinski definition) is 4. The number of rotatable bonds is 6. The lowest BCUT2D eigenvalue weighted by Gasteiger charge is -2.19. The zero-order valence-corrected chi connectivity index (χ0v) is 16.0. The van der Waals surface area contributed by atoms with Gasteiger partial charge in [-0.3, -0.25) is 0 Å². The number of aliphatic carboxylic acids is 1. The molecule has 2 aromatic carbocycles. The first-order valence-corrected chi connectivity index (χ1v) is 8.59. The van der Waals surface area contributed by atoms with Crippen LogP contribution in [0.2, 0.25) is 0 Å². The lowest BCUT2D eigenvalue weighted by molar-refractivity contribution is -0.192. The average molecular weight is 398 g/mol. The maximum absolute atomic E-state index is 10.6. The SMILES string of the molecule is COc1ccccc1-c1ccc(C(C)N[C@H](C)CN)cc1.O=C(O)C(F)(F)F. The van der Waals surface area contributed by atoms with Gasteiger partial charge in [0.05, 0.1) is 7.11 Å². The fourth-order valence-corrected chi connectivity index (χ4v) is 2.43. The molecule has 0 aliphatic heterocycles. The van der Waals surface area contributed by atoms with Gasteiger partial charge in [-0.05, 0) is 31.0 Å². The van der Waals surface area contributed by atoms with Crippen molar-refractivity contribution < 1.29 is 27.8 Å². The monoisotopic (exact) mass is 398 g/mol. The summed E-state index contributed by atoms with van der Waals surface area (Å²) in [6, 6.07) is 17.3. The molecular weight excluding hydrogens is 373 g/mol. The van der Waals surface area contributed by atoms with Crippen LogP contribution < -0.4 is 15.8 Å². The molecule has 2 rings (SSSR count). The Labute approximate surface area is 162 Å².